The van der Waals surface area contributed by atoms with Crippen molar-refractivity contribution in [1.82, 2.24) is 0 Å². The SMILES string of the molecule is O=C(C=Cc1ccccc1)Oc1ccc2c(=O)c(Oc3ccccc3Cl)c(C(F)(F)F)oc2c1. The first-order valence-electron chi connectivity index (χ1n) is 9.78. The van der Waals surface area contributed by atoms with Gasteiger partial charge in [0.25, 0.3) is 5.76 Å². The maximum absolute atomic E-state index is 13.7. The molecule has 0 bridgehead atoms. The van der Waals surface area contributed by atoms with Crippen LogP contribution in [0.25, 0.3) is 17.0 Å². The molecule has 0 saturated carbocycles. The molecular weight excluding hydrogens is 473 g/mol. The van der Waals surface area contributed by atoms with Gasteiger partial charge in [0, 0.05) is 12.1 Å². The molecule has 0 unspecified atom stereocenters. The second kappa shape index (κ2) is 9.44. The van der Waals surface area contributed by atoms with Gasteiger partial charge in [0.15, 0.2) is 0 Å². The van der Waals surface area contributed by atoms with E-state index in [0.29, 0.717) is 0 Å². The zero-order valence-electron chi connectivity index (χ0n) is 17.1. The summed E-state index contributed by atoms with van der Waals surface area (Å²) in [5.41, 5.74) is -0.735. The van der Waals surface area contributed by atoms with E-state index in [2.05, 4.69) is 0 Å². The first-order chi connectivity index (χ1) is 16.2. The number of rotatable bonds is 5. The van der Waals surface area contributed by atoms with Crippen molar-refractivity contribution < 1.29 is 31.9 Å². The largest absolute Gasteiger partial charge is 0.453 e. The van der Waals surface area contributed by atoms with E-state index < -0.39 is 34.7 Å². The smallest absolute Gasteiger partial charge is 0.448 e. The molecule has 172 valence electrons. The molecule has 34 heavy (non-hydrogen) atoms. The summed E-state index contributed by atoms with van der Waals surface area (Å²) in [6, 6.07) is 18.2. The highest BCUT2D eigenvalue weighted by molar-refractivity contribution is 6.32. The predicted octanol–water partition coefficient (Wildman–Crippen LogP) is 6.88. The van der Waals surface area contributed by atoms with E-state index in [0.717, 1.165) is 17.7 Å². The minimum absolute atomic E-state index is 0.0148. The third kappa shape index (κ3) is 5.13. The molecule has 0 saturated heterocycles. The molecule has 5 nitrogen and oxygen atoms in total. The Balaban J connectivity index is 1.69. The van der Waals surface area contributed by atoms with Gasteiger partial charge in [-0.05, 0) is 35.9 Å². The highest BCUT2D eigenvalue weighted by atomic mass is 35.5. The highest BCUT2D eigenvalue weighted by Gasteiger charge is 2.40. The van der Waals surface area contributed by atoms with Crippen LogP contribution in [0.1, 0.15) is 11.3 Å². The Morgan fingerprint density at radius 1 is 0.971 bits per heavy atom. The Bertz CT molecular complexity index is 1440. The normalized spacial score (nSPS) is 11.6. The van der Waals surface area contributed by atoms with Crippen molar-refractivity contribution in [1.29, 1.82) is 0 Å². The molecule has 4 rings (SSSR count). The van der Waals surface area contributed by atoms with Crippen LogP contribution in [0.5, 0.6) is 17.2 Å². The predicted molar refractivity (Wildman–Crippen MR) is 120 cm³/mol. The summed E-state index contributed by atoms with van der Waals surface area (Å²) in [5, 5.41) is -0.185. The minimum Gasteiger partial charge on any atom is -0.448 e. The van der Waals surface area contributed by atoms with Crippen molar-refractivity contribution >= 4 is 34.6 Å². The molecule has 0 aliphatic carbocycles. The lowest BCUT2D eigenvalue weighted by Gasteiger charge is -2.14. The second-order valence-corrected chi connectivity index (χ2v) is 7.35. The van der Waals surface area contributed by atoms with Gasteiger partial charge in [0.1, 0.15) is 17.1 Å². The number of benzene rings is 3. The van der Waals surface area contributed by atoms with Gasteiger partial charge in [-0.25, -0.2) is 4.79 Å². The molecule has 0 amide bonds. The number of ether oxygens (including phenoxy) is 2. The first kappa shape index (κ1) is 23.1. The van der Waals surface area contributed by atoms with E-state index in [4.69, 9.17) is 25.5 Å². The van der Waals surface area contributed by atoms with Gasteiger partial charge in [-0.3, -0.25) is 4.79 Å². The van der Waals surface area contributed by atoms with E-state index in [1.165, 1.54) is 36.4 Å². The molecule has 0 spiro atoms. The van der Waals surface area contributed by atoms with Gasteiger partial charge in [0.2, 0.25) is 11.2 Å². The molecule has 1 aromatic heterocycles. The van der Waals surface area contributed by atoms with Crippen molar-refractivity contribution in [2.75, 3.05) is 0 Å². The van der Waals surface area contributed by atoms with Gasteiger partial charge in [0.05, 0.1) is 10.4 Å². The summed E-state index contributed by atoms with van der Waals surface area (Å²) in [6.07, 6.45) is -2.37. The quantitative estimate of drug-likeness (QED) is 0.175. The molecule has 0 atom stereocenters. The van der Waals surface area contributed by atoms with Gasteiger partial charge in [-0.2, -0.15) is 13.2 Å². The number of esters is 1. The molecule has 3 aromatic carbocycles. The number of fused-ring (bicyclic) bond motifs is 1. The van der Waals surface area contributed by atoms with Gasteiger partial charge < -0.3 is 13.9 Å². The van der Waals surface area contributed by atoms with Crippen LogP contribution in [0, 0.1) is 0 Å². The third-order valence-corrected chi connectivity index (χ3v) is 4.87. The molecular formula is C25H14ClF3O5. The zero-order valence-corrected chi connectivity index (χ0v) is 17.9. The molecule has 4 aromatic rings. The first-order valence-corrected chi connectivity index (χ1v) is 10.2. The summed E-state index contributed by atoms with van der Waals surface area (Å²) in [7, 11) is 0. The maximum Gasteiger partial charge on any atom is 0.453 e. The van der Waals surface area contributed by atoms with Crippen LogP contribution in [0.4, 0.5) is 13.2 Å². The molecule has 0 fully saturated rings. The topological polar surface area (TPSA) is 65.7 Å². The van der Waals surface area contributed by atoms with Gasteiger partial charge in [-0.15, -0.1) is 0 Å². The van der Waals surface area contributed by atoms with E-state index >= 15 is 0 Å². The summed E-state index contributed by atoms with van der Waals surface area (Å²) in [5.74, 6) is -3.70. The number of carbonyl (C=O) groups excluding carboxylic acids is 1. The van der Waals surface area contributed by atoms with Crippen LogP contribution in [-0.2, 0) is 11.0 Å². The number of alkyl halides is 3. The third-order valence-electron chi connectivity index (χ3n) is 4.56. The average Bonchev–Trinajstić information content (AvgIpc) is 2.80. The van der Waals surface area contributed by atoms with Crippen LogP contribution in [0.2, 0.25) is 5.02 Å². The van der Waals surface area contributed by atoms with Crippen molar-refractivity contribution in [2.45, 2.75) is 6.18 Å². The molecule has 1 heterocycles. The van der Waals surface area contributed by atoms with Crippen LogP contribution in [0.15, 0.2) is 88.1 Å². The van der Waals surface area contributed by atoms with Crippen LogP contribution < -0.4 is 14.9 Å². The number of para-hydroxylation sites is 1. The van der Waals surface area contributed by atoms with Crippen molar-refractivity contribution in [3.05, 3.63) is 105 Å². The van der Waals surface area contributed by atoms with Crippen LogP contribution in [0.3, 0.4) is 0 Å². The lowest BCUT2D eigenvalue weighted by Crippen LogP contribution is -2.15. The summed E-state index contributed by atoms with van der Waals surface area (Å²) in [4.78, 5) is 24.9. The fourth-order valence-corrected chi connectivity index (χ4v) is 3.19. The Labute approximate surface area is 195 Å². The highest BCUT2D eigenvalue weighted by Crippen LogP contribution is 2.39. The van der Waals surface area contributed by atoms with Crippen molar-refractivity contribution in [3.8, 4) is 17.2 Å². The summed E-state index contributed by atoms with van der Waals surface area (Å²) < 4.78 is 56.4. The molecule has 9 heteroatoms. The van der Waals surface area contributed by atoms with Crippen LogP contribution >= 0.6 is 11.6 Å². The molecule has 0 aliphatic rings. The lowest BCUT2D eigenvalue weighted by molar-refractivity contribution is -0.154. The summed E-state index contributed by atoms with van der Waals surface area (Å²) >= 11 is 5.95. The molecule has 0 aliphatic heterocycles. The summed E-state index contributed by atoms with van der Waals surface area (Å²) in [6.45, 7) is 0. The van der Waals surface area contributed by atoms with E-state index in [1.807, 2.05) is 6.07 Å². The lowest BCUT2D eigenvalue weighted by atomic mass is 10.2. The molecule has 0 radical (unpaired) electrons. The van der Waals surface area contributed by atoms with Gasteiger partial charge in [-0.1, -0.05) is 54.1 Å². The zero-order chi connectivity index (χ0) is 24.3. The Morgan fingerprint density at radius 3 is 2.38 bits per heavy atom. The van der Waals surface area contributed by atoms with Crippen molar-refractivity contribution in [2.24, 2.45) is 0 Å². The number of carbonyl (C=O) groups is 1. The van der Waals surface area contributed by atoms with E-state index in [9.17, 15) is 22.8 Å². The number of hydrogen-bond acceptors (Lipinski definition) is 5. The minimum atomic E-state index is -5.05. The van der Waals surface area contributed by atoms with Crippen LogP contribution in [-0.4, -0.2) is 5.97 Å². The fourth-order valence-electron chi connectivity index (χ4n) is 3.02. The number of halogens is 4. The Kier molecular flexibility index (Phi) is 6.43. The van der Waals surface area contributed by atoms with Gasteiger partial charge >= 0.3 is 12.1 Å². The monoisotopic (exact) mass is 486 g/mol. The standard InChI is InChI=1S/C25H14ClF3O5/c26-18-8-4-5-9-19(18)33-23-22(31)17-12-11-16(14-20(17)34-24(23)25(27,28)29)32-21(30)13-10-15-6-2-1-3-7-15/h1-14H. The second-order valence-electron chi connectivity index (χ2n) is 6.94. The number of hydrogen-bond donors (Lipinski definition) is 0. The van der Waals surface area contributed by atoms with E-state index in [-0.39, 0.29) is 21.9 Å². The maximum atomic E-state index is 13.7. The van der Waals surface area contributed by atoms with Crippen molar-refractivity contribution in [3.63, 3.8) is 0 Å². The van der Waals surface area contributed by atoms with E-state index in [1.54, 1.807) is 30.3 Å². The Hall–Kier alpha value is -4.04. The Morgan fingerprint density at radius 2 is 1.68 bits per heavy atom. The fraction of sp³-hybridized carbons (Fsp3) is 0.0400. The molecule has 0 N–H and O–H groups in total. The average molecular weight is 487 g/mol.